The number of fused-ring (bicyclic) bond motifs is 1. The van der Waals surface area contributed by atoms with Crippen molar-refractivity contribution in [3.8, 4) is 11.3 Å². The first-order chi connectivity index (χ1) is 15.6. The number of aliphatic hydroxyl groups is 1. The van der Waals surface area contributed by atoms with Gasteiger partial charge >= 0.3 is 0 Å². The van der Waals surface area contributed by atoms with Gasteiger partial charge in [-0.05, 0) is 41.5 Å². The third-order valence-electron chi connectivity index (χ3n) is 5.62. The van der Waals surface area contributed by atoms with E-state index in [4.69, 9.17) is 9.15 Å². The molecule has 4 aromatic rings. The van der Waals surface area contributed by atoms with Gasteiger partial charge in [0.15, 0.2) is 5.89 Å². The summed E-state index contributed by atoms with van der Waals surface area (Å²) in [5.74, 6) is 0.338. The van der Waals surface area contributed by atoms with Crippen molar-refractivity contribution in [2.45, 2.75) is 31.9 Å². The Morgan fingerprint density at radius 1 is 1.25 bits per heavy atom. The highest BCUT2D eigenvalue weighted by Crippen LogP contribution is 2.27. The summed E-state index contributed by atoms with van der Waals surface area (Å²) < 4.78 is 11.8. The van der Waals surface area contributed by atoms with E-state index < -0.39 is 12.1 Å². The average Bonchev–Trinajstić information content (AvgIpc) is 3.45. The van der Waals surface area contributed by atoms with Crippen LogP contribution in [0.1, 0.15) is 33.9 Å². The molecule has 1 saturated heterocycles. The van der Waals surface area contributed by atoms with Crippen LogP contribution >= 0.6 is 11.3 Å². The topological polar surface area (TPSA) is 97.5 Å². The lowest BCUT2D eigenvalue weighted by Crippen LogP contribution is -2.49. The van der Waals surface area contributed by atoms with E-state index in [-0.39, 0.29) is 5.91 Å². The number of thiophene rings is 1. The zero-order valence-electron chi connectivity index (χ0n) is 17.6. The van der Waals surface area contributed by atoms with Crippen LogP contribution in [-0.4, -0.2) is 46.3 Å². The molecule has 2 N–H and O–H groups in total. The molecule has 0 spiro atoms. The second-order valence-electron chi connectivity index (χ2n) is 7.94. The summed E-state index contributed by atoms with van der Waals surface area (Å²) in [6.45, 7) is 2.63. The van der Waals surface area contributed by atoms with Crippen LogP contribution in [0.25, 0.3) is 21.5 Å². The van der Waals surface area contributed by atoms with Crippen LogP contribution < -0.4 is 5.32 Å². The summed E-state index contributed by atoms with van der Waals surface area (Å²) in [6, 6.07) is 11.5. The number of oxazole rings is 1. The number of rotatable bonds is 5. The summed E-state index contributed by atoms with van der Waals surface area (Å²) in [4.78, 5) is 21.8. The fourth-order valence-electron chi connectivity index (χ4n) is 3.89. The van der Waals surface area contributed by atoms with E-state index >= 15 is 0 Å². The van der Waals surface area contributed by atoms with Gasteiger partial charge in [0.1, 0.15) is 17.7 Å². The number of ether oxygens (including phenoxy) is 1. The van der Waals surface area contributed by atoms with Gasteiger partial charge in [-0.1, -0.05) is 24.3 Å². The molecule has 0 bridgehead atoms. The van der Waals surface area contributed by atoms with Gasteiger partial charge in [-0.3, -0.25) is 4.79 Å². The van der Waals surface area contributed by atoms with E-state index in [1.807, 2.05) is 36.6 Å². The molecule has 1 aliphatic rings. The van der Waals surface area contributed by atoms with Crippen molar-refractivity contribution in [3.05, 3.63) is 70.8 Å². The number of aryl methyl sites for hydroxylation is 1. The van der Waals surface area contributed by atoms with Crippen LogP contribution in [-0.2, 0) is 11.2 Å². The number of benzene rings is 1. The van der Waals surface area contributed by atoms with Crippen LogP contribution in [0.15, 0.2) is 52.5 Å². The predicted octanol–water partition coefficient (Wildman–Crippen LogP) is 3.73. The molecule has 0 unspecified atom stereocenters. The molecule has 7 nitrogen and oxygen atoms in total. The SMILES string of the molecule is Cc1nc(-c2ccc(Cc3cc(C(=O)N[C@@H]4COCC[C@H]4O)nc4ccsc34)cc2)co1. The molecule has 0 saturated carbocycles. The lowest BCUT2D eigenvalue weighted by atomic mass is 10.0. The van der Waals surface area contributed by atoms with Crippen LogP contribution in [0.5, 0.6) is 0 Å². The van der Waals surface area contributed by atoms with Gasteiger partial charge in [-0.25, -0.2) is 9.97 Å². The molecule has 4 heterocycles. The number of nitrogens with zero attached hydrogens (tertiary/aromatic N) is 2. The third kappa shape index (κ3) is 4.29. The second kappa shape index (κ2) is 8.82. The molecular weight excluding hydrogens is 426 g/mol. The number of pyridine rings is 1. The Hall–Kier alpha value is -3.07. The number of carbonyl (C=O) groups excluding carboxylic acids is 1. The maximum Gasteiger partial charge on any atom is 0.270 e. The van der Waals surface area contributed by atoms with Gasteiger partial charge < -0.3 is 19.6 Å². The van der Waals surface area contributed by atoms with E-state index in [2.05, 4.69) is 27.4 Å². The predicted molar refractivity (Wildman–Crippen MR) is 122 cm³/mol. The van der Waals surface area contributed by atoms with E-state index in [1.165, 1.54) is 0 Å². The maximum atomic E-state index is 12.9. The number of hydrogen-bond donors (Lipinski definition) is 2. The van der Waals surface area contributed by atoms with Crippen molar-refractivity contribution in [1.29, 1.82) is 0 Å². The van der Waals surface area contributed by atoms with Crippen molar-refractivity contribution in [1.82, 2.24) is 15.3 Å². The quantitative estimate of drug-likeness (QED) is 0.482. The van der Waals surface area contributed by atoms with Gasteiger partial charge in [0.25, 0.3) is 5.91 Å². The van der Waals surface area contributed by atoms with Crippen LogP contribution in [0.2, 0.25) is 0 Å². The first kappa shape index (κ1) is 20.8. The molecule has 1 aliphatic heterocycles. The Bertz CT molecular complexity index is 1250. The first-order valence-electron chi connectivity index (χ1n) is 10.5. The number of aromatic nitrogens is 2. The van der Waals surface area contributed by atoms with Crippen LogP contribution in [0.4, 0.5) is 0 Å². The summed E-state index contributed by atoms with van der Waals surface area (Å²) in [6.07, 6.45) is 2.23. The Morgan fingerprint density at radius 2 is 2.09 bits per heavy atom. The Morgan fingerprint density at radius 3 is 2.84 bits per heavy atom. The monoisotopic (exact) mass is 449 g/mol. The Kier molecular flexibility index (Phi) is 5.73. The molecule has 3 aromatic heterocycles. The van der Waals surface area contributed by atoms with Gasteiger partial charge in [-0.15, -0.1) is 11.3 Å². The highest BCUT2D eigenvalue weighted by atomic mass is 32.1. The van der Waals surface area contributed by atoms with Crippen LogP contribution in [0, 0.1) is 6.92 Å². The smallest absolute Gasteiger partial charge is 0.270 e. The molecular formula is C24H23N3O4S. The largest absolute Gasteiger partial charge is 0.449 e. The van der Waals surface area contributed by atoms with Crippen molar-refractivity contribution in [2.24, 2.45) is 0 Å². The molecule has 8 heteroatoms. The minimum atomic E-state index is -0.607. The lowest BCUT2D eigenvalue weighted by Gasteiger charge is -2.28. The summed E-state index contributed by atoms with van der Waals surface area (Å²) >= 11 is 1.62. The van der Waals surface area contributed by atoms with Gasteiger partial charge in [0.05, 0.1) is 29.0 Å². The van der Waals surface area contributed by atoms with Crippen molar-refractivity contribution < 1.29 is 19.1 Å². The molecule has 1 aromatic carbocycles. The third-order valence-corrected chi connectivity index (χ3v) is 6.60. The second-order valence-corrected chi connectivity index (χ2v) is 8.85. The van der Waals surface area contributed by atoms with E-state index in [0.717, 1.165) is 32.6 Å². The molecule has 164 valence electrons. The first-order valence-corrected chi connectivity index (χ1v) is 11.4. The number of nitrogens with one attached hydrogen (secondary N) is 1. The maximum absolute atomic E-state index is 12.9. The number of hydrogen-bond acceptors (Lipinski definition) is 7. The number of carbonyl (C=O) groups is 1. The Balaban J connectivity index is 1.39. The van der Waals surface area contributed by atoms with E-state index in [0.29, 0.717) is 37.6 Å². The summed E-state index contributed by atoms with van der Waals surface area (Å²) in [7, 11) is 0. The summed E-state index contributed by atoms with van der Waals surface area (Å²) in [5, 5.41) is 15.0. The normalized spacial score (nSPS) is 18.7. The zero-order chi connectivity index (χ0) is 22.1. The molecule has 0 aliphatic carbocycles. The standard InChI is InChI=1S/C24H23N3O4S/c1-14-25-20(13-31-14)16-4-2-15(3-5-16)10-17-11-19(26-18-7-9-32-23(17)18)24(29)27-21-12-30-8-6-22(21)28/h2-5,7,9,11,13,21-22,28H,6,8,10,12H2,1H3,(H,27,29)/t21-,22-/m1/s1. The fraction of sp³-hybridized carbons (Fsp3) is 0.292. The molecule has 5 rings (SSSR count). The minimum absolute atomic E-state index is 0.300. The van der Waals surface area contributed by atoms with Gasteiger partial charge in [0.2, 0.25) is 0 Å². The highest BCUT2D eigenvalue weighted by molar-refractivity contribution is 7.17. The highest BCUT2D eigenvalue weighted by Gasteiger charge is 2.26. The minimum Gasteiger partial charge on any atom is -0.449 e. The van der Waals surface area contributed by atoms with E-state index in [9.17, 15) is 9.90 Å². The number of amides is 1. The average molecular weight is 450 g/mol. The zero-order valence-corrected chi connectivity index (χ0v) is 18.4. The molecule has 32 heavy (non-hydrogen) atoms. The molecule has 0 radical (unpaired) electrons. The van der Waals surface area contributed by atoms with Crippen LogP contribution in [0.3, 0.4) is 0 Å². The van der Waals surface area contributed by atoms with Crippen molar-refractivity contribution >= 4 is 27.5 Å². The van der Waals surface area contributed by atoms with Gasteiger partial charge in [-0.2, -0.15) is 0 Å². The fourth-order valence-corrected chi connectivity index (χ4v) is 4.74. The van der Waals surface area contributed by atoms with E-state index in [1.54, 1.807) is 17.6 Å². The molecule has 1 amide bonds. The summed E-state index contributed by atoms with van der Waals surface area (Å²) in [5.41, 5.74) is 5.12. The molecule has 2 atom stereocenters. The Labute approximate surface area is 189 Å². The van der Waals surface area contributed by atoms with Crippen molar-refractivity contribution in [3.63, 3.8) is 0 Å². The number of aliphatic hydroxyl groups excluding tert-OH is 1. The van der Waals surface area contributed by atoms with Crippen molar-refractivity contribution in [2.75, 3.05) is 13.2 Å². The molecule has 1 fully saturated rings. The van der Waals surface area contributed by atoms with Gasteiger partial charge in [0, 0.05) is 19.1 Å². The lowest BCUT2D eigenvalue weighted by molar-refractivity contribution is -0.0140.